The highest BCUT2D eigenvalue weighted by molar-refractivity contribution is 14.1. The zero-order chi connectivity index (χ0) is 12.8. The maximum atomic E-state index is 10.2. The summed E-state index contributed by atoms with van der Waals surface area (Å²) in [5, 5.41) is 10.2. The molecule has 0 heterocycles. The Hall–Kier alpha value is -0.0900. The Morgan fingerprint density at radius 1 is 1.06 bits per heavy atom. The summed E-state index contributed by atoms with van der Waals surface area (Å²) in [6.45, 7) is 0. The first-order valence-electron chi connectivity index (χ1n) is 7.16. The molecule has 2 heteroatoms. The standard InChI is InChI=1S/C16H23IO/c17-15-9-7-14(8-10-15)12-16(18)11-13-5-3-1-2-4-6-13/h7-10,13,16,18H,1-6,11-12H2. The van der Waals surface area contributed by atoms with Crippen molar-refractivity contribution in [3.63, 3.8) is 0 Å². The number of benzene rings is 1. The van der Waals surface area contributed by atoms with Gasteiger partial charge in [0.2, 0.25) is 0 Å². The van der Waals surface area contributed by atoms with Gasteiger partial charge in [-0.2, -0.15) is 0 Å². The average Bonchev–Trinajstić information content (AvgIpc) is 2.61. The lowest BCUT2D eigenvalue weighted by atomic mass is 9.91. The van der Waals surface area contributed by atoms with Crippen LogP contribution in [0.1, 0.15) is 50.5 Å². The molecule has 1 aromatic rings. The van der Waals surface area contributed by atoms with Gasteiger partial charge in [-0.1, -0.05) is 50.7 Å². The fourth-order valence-corrected chi connectivity index (χ4v) is 3.32. The van der Waals surface area contributed by atoms with Gasteiger partial charge in [-0.3, -0.25) is 0 Å². The van der Waals surface area contributed by atoms with E-state index in [9.17, 15) is 5.11 Å². The van der Waals surface area contributed by atoms with Crippen LogP contribution in [0.15, 0.2) is 24.3 Å². The number of aliphatic hydroxyl groups excluding tert-OH is 1. The van der Waals surface area contributed by atoms with Crippen LogP contribution >= 0.6 is 22.6 Å². The van der Waals surface area contributed by atoms with Crippen molar-refractivity contribution >= 4 is 22.6 Å². The quantitative estimate of drug-likeness (QED) is 0.618. The van der Waals surface area contributed by atoms with Crippen LogP contribution in [-0.4, -0.2) is 11.2 Å². The zero-order valence-corrected chi connectivity index (χ0v) is 13.1. The molecule has 1 aliphatic carbocycles. The van der Waals surface area contributed by atoms with Crippen LogP contribution in [0.2, 0.25) is 0 Å². The largest absolute Gasteiger partial charge is 0.393 e. The SMILES string of the molecule is OC(Cc1ccc(I)cc1)CC1CCCCCC1. The van der Waals surface area contributed by atoms with Gasteiger partial charge in [0.15, 0.2) is 0 Å². The third-order valence-corrected chi connectivity index (χ3v) is 4.68. The molecule has 0 aromatic heterocycles. The fraction of sp³-hybridized carbons (Fsp3) is 0.625. The molecule has 0 amide bonds. The van der Waals surface area contributed by atoms with Crippen molar-refractivity contribution in [1.29, 1.82) is 0 Å². The number of aliphatic hydroxyl groups is 1. The number of rotatable bonds is 4. The van der Waals surface area contributed by atoms with Gasteiger partial charge in [-0.05, 0) is 59.0 Å². The molecule has 2 rings (SSSR count). The third-order valence-electron chi connectivity index (χ3n) is 3.96. The van der Waals surface area contributed by atoms with Crippen molar-refractivity contribution in [3.8, 4) is 0 Å². The van der Waals surface area contributed by atoms with Gasteiger partial charge in [-0.25, -0.2) is 0 Å². The van der Waals surface area contributed by atoms with E-state index in [0.29, 0.717) is 0 Å². The maximum Gasteiger partial charge on any atom is 0.0583 e. The molecule has 1 fully saturated rings. The smallest absolute Gasteiger partial charge is 0.0583 e. The Kier molecular flexibility index (Phi) is 5.96. The minimum absolute atomic E-state index is 0.159. The van der Waals surface area contributed by atoms with Gasteiger partial charge < -0.3 is 5.11 Å². The number of halogens is 1. The lowest BCUT2D eigenvalue weighted by Gasteiger charge is -2.18. The summed E-state index contributed by atoms with van der Waals surface area (Å²) in [5.41, 5.74) is 1.26. The van der Waals surface area contributed by atoms with Gasteiger partial charge in [0.05, 0.1) is 6.10 Å². The van der Waals surface area contributed by atoms with Crippen LogP contribution in [0, 0.1) is 9.49 Å². The van der Waals surface area contributed by atoms with Crippen molar-refractivity contribution in [3.05, 3.63) is 33.4 Å². The van der Waals surface area contributed by atoms with Crippen LogP contribution < -0.4 is 0 Å². The Morgan fingerprint density at radius 2 is 1.67 bits per heavy atom. The van der Waals surface area contributed by atoms with E-state index in [-0.39, 0.29) is 6.10 Å². The minimum Gasteiger partial charge on any atom is -0.393 e. The van der Waals surface area contributed by atoms with Gasteiger partial charge >= 0.3 is 0 Å². The molecule has 0 saturated heterocycles. The molecule has 1 aliphatic rings. The van der Waals surface area contributed by atoms with Crippen LogP contribution in [-0.2, 0) is 6.42 Å². The molecule has 1 unspecified atom stereocenters. The van der Waals surface area contributed by atoms with E-state index in [4.69, 9.17) is 0 Å². The second kappa shape index (κ2) is 7.49. The topological polar surface area (TPSA) is 20.2 Å². The van der Waals surface area contributed by atoms with Crippen LogP contribution in [0.4, 0.5) is 0 Å². The van der Waals surface area contributed by atoms with Crippen molar-refractivity contribution in [2.45, 2.75) is 57.5 Å². The highest BCUT2D eigenvalue weighted by Gasteiger charge is 2.16. The van der Waals surface area contributed by atoms with Crippen molar-refractivity contribution in [2.75, 3.05) is 0 Å². The molecule has 0 aliphatic heterocycles. The highest BCUT2D eigenvalue weighted by atomic mass is 127. The van der Waals surface area contributed by atoms with E-state index in [0.717, 1.165) is 18.8 Å². The molecule has 100 valence electrons. The second-order valence-corrected chi connectivity index (χ2v) is 6.82. The Balaban J connectivity index is 1.80. The summed E-state index contributed by atoms with van der Waals surface area (Å²) in [4.78, 5) is 0. The van der Waals surface area contributed by atoms with Gasteiger partial charge in [0, 0.05) is 3.57 Å². The molecule has 1 atom stereocenters. The fourth-order valence-electron chi connectivity index (χ4n) is 2.96. The van der Waals surface area contributed by atoms with E-state index in [1.165, 1.54) is 47.7 Å². The molecular formula is C16H23IO. The van der Waals surface area contributed by atoms with Crippen molar-refractivity contribution < 1.29 is 5.11 Å². The Morgan fingerprint density at radius 3 is 2.28 bits per heavy atom. The monoisotopic (exact) mass is 358 g/mol. The summed E-state index contributed by atoms with van der Waals surface area (Å²) in [5.74, 6) is 0.756. The first-order valence-corrected chi connectivity index (χ1v) is 8.24. The van der Waals surface area contributed by atoms with E-state index in [1.54, 1.807) is 0 Å². The molecular weight excluding hydrogens is 335 g/mol. The predicted octanol–water partition coefficient (Wildman–Crippen LogP) is 4.56. The van der Waals surface area contributed by atoms with Gasteiger partial charge in [-0.15, -0.1) is 0 Å². The summed E-state index contributed by atoms with van der Waals surface area (Å²) >= 11 is 2.32. The molecule has 1 N–H and O–H groups in total. The molecule has 0 radical (unpaired) electrons. The summed E-state index contributed by atoms with van der Waals surface area (Å²) in [6, 6.07) is 8.51. The van der Waals surface area contributed by atoms with Crippen molar-refractivity contribution in [1.82, 2.24) is 0 Å². The lowest BCUT2D eigenvalue weighted by Crippen LogP contribution is -2.16. The van der Waals surface area contributed by atoms with Crippen molar-refractivity contribution in [2.24, 2.45) is 5.92 Å². The van der Waals surface area contributed by atoms with E-state index < -0.39 is 0 Å². The molecule has 1 saturated carbocycles. The highest BCUT2D eigenvalue weighted by Crippen LogP contribution is 2.27. The lowest BCUT2D eigenvalue weighted by molar-refractivity contribution is 0.137. The molecule has 0 bridgehead atoms. The minimum atomic E-state index is -0.159. The first kappa shape index (κ1) is 14.3. The molecule has 1 nitrogen and oxygen atoms in total. The number of hydrogen-bond donors (Lipinski definition) is 1. The third kappa shape index (κ3) is 4.88. The average molecular weight is 358 g/mol. The molecule has 1 aromatic carbocycles. The van der Waals surface area contributed by atoms with Gasteiger partial charge in [0.25, 0.3) is 0 Å². The van der Waals surface area contributed by atoms with Crippen LogP contribution in [0.5, 0.6) is 0 Å². The zero-order valence-electron chi connectivity index (χ0n) is 10.9. The first-order chi connectivity index (χ1) is 8.74. The molecule has 0 spiro atoms. The molecule has 18 heavy (non-hydrogen) atoms. The van der Waals surface area contributed by atoms with E-state index in [2.05, 4.69) is 46.9 Å². The van der Waals surface area contributed by atoms with Crippen LogP contribution in [0.25, 0.3) is 0 Å². The van der Waals surface area contributed by atoms with E-state index >= 15 is 0 Å². The Labute approximate surface area is 124 Å². The summed E-state index contributed by atoms with van der Waals surface area (Å²) in [7, 11) is 0. The summed E-state index contributed by atoms with van der Waals surface area (Å²) in [6.07, 6.45) is 9.80. The normalized spacial score (nSPS) is 19.4. The number of hydrogen-bond acceptors (Lipinski definition) is 1. The van der Waals surface area contributed by atoms with Gasteiger partial charge in [0.1, 0.15) is 0 Å². The summed E-state index contributed by atoms with van der Waals surface area (Å²) < 4.78 is 1.26. The second-order valence-electron chi connectivity index (χ2n) is 5.58. The maximum absolute atomic E-state index is 10.2. The van der Waals surface area contributed by atoms with E-state index in [1.807, 2.05) is 0 Å². The Bertz CT molecular complexity index is 339. The predicted molar refractivity (Wildman–Crippen MR) is 84.7 cm³/mol. The van der Waals surface area contributed by atoms with Crippen LogP contribution in [0.3, 0.4) is 0 Å².